The van der Waals surface area contributed by atoms with Crippen molar-refractivity contribution in [2.24, 2.45) is 0 Å². The van der Waals surface area contributed by atoms with Crippen LogP contribution in [0.5, 0.6) is 0 Å². The summed E-state index contributed by atoms with van der Waals surface area (Å²) in [5, 5.41) is 6.18. The predicted octanol–water partition coefficient (Wildman–Crippen LogP) is 5.19. The van der Waals surface area contributed by atoms with Crippen LogP contribution in [0.2, 0.25) is 0 Å². The molecular weight excluding hydrogens is 352 g/mol. The van der Waals surface area contributed by atoms with E-state index < -0.39 is 0 Å². The summed E-state index contributed by atoms with van der Waals surface area (Å²) in [4.78, 5) is 12.0. The van der Waals surface area contributed by atoms with Crippen molar-refractivity contribution >= 4 is 33.2 Å². The fourth-order valence-corrected chi connectivity index (χ4v) is 2.57. The average molecular weight is 375 g/mol. The summed E-state index contributed by atoms with van der Waals surface area (Å²) in [5.41, 5.74) is 3.29. The first-order chi connectivity index (χ1) is 10.9. The summed E-state index contributed by atoms with van der Waals surface area (Å²) in [5.74, 6) is -0.00397. The van der Waals surface area contributed by atoms with Gasteiger partial charge in [0, 0.05) is 23.1 Å². The van der Waals surface area contributed by atoms with Crippen LogP contribution >= 0.6 is 15.9 Å². The van der Waals surface area contributed by atoms with E-state index in [4.69, 9.17) is 0 Å². The van der Waals surface area contributed by atoms with Gasteiger partial charge >= 0.3 is 0 Å². The Morgan fingerprint density at radius 1 is 1.04 bits per heavy atom. The monoisotopic (exact) mass is 374 g/mol. The Bertz CT molecular complexity index is 660. The second kappa shape index (κ2) is 7.64. The van der Waals surface area contributed by atoms with E-state index in [0.29, 0.717) is 13.0 Å². The Morgan fingerprint density at radius 2 is 1.70 bits per heavy atom. The van der Waals surface area contributed by atoms with E-state index in [1.807, 2.05) is 24.3 Å². The van der Waals surface area contributed by atoms with Crippen molar-refractivity contribution in [1.29, 1.82) is 0 Å². The number of hydrogen-bond acceptors (Lipinski definition) is 2. The Balaban J connectivity index is 1.81. The molecule has 122 valence electrons. The lowest BCUT2D eigenvalue weighted by Gasteiger charge is -2.19. The molecule has 0 aromatic heterocycles. The molecule has 0 aliphatic carbocycles. The normalized spacial score (nSPS) is 11.1. The molecule has 0 spiro atoms. The molecule has 0 saturated carbocycles. The fourth-order valence-electron chi connectivity index (χ4n) is 2.18. The van der Waals surface area contributed by atoms with Gasteiger partial charge in [0.25, 0.3) is 0 Å². The summed E-state index contributed by atoms with van der Waals surface area (Å²) in [6.45, 7) is 7.19. The number of hydrogen-bond donors (Lipinski definition) is 2. The van der Waals surface area contributed by atoms with E-state index in [0.717, 1.165) is 15.8 Å². The number of rotatable bonds is 5. The Morgan fingerprint density at radius 3 is 2.30 bits per heavy atom. The van der Waals surface area contributed by atoms with Crippen molar-refractivity contribution in [1.82, 2.24) is 0 Å². The van der Waals surface area contributed by atoms with E-state index in [1.54, 1.807) is 0 Å². The smallest absolute Gasteiger partial charge is 0.226 e. The Kier molecular flexibility index (Phi) is 5.83. The van der Waals surface area contributed by atoms with Crippen molar-refractivity contribution in [3.63, 3.8) is 0 Å². The van der Waals surface area contributed by atoms with Gasteiger partial charge in [-0.1, -0.05) is 45.0 Å². The first-order valence-corrected chi connectivity index (χ1v) is 8.54. The molecule has 3 nitrogen and oxygen atoms in total. The lowest BCUT2D eigenvalue weighted by atomic mass is 9.87. The van der Waals surface area contributed by atoms with E-state index in [1.165, 1.54) is 5.56 Å². The number of nitrogens with one attached hydrogen (secondary N) is 2. The van der Waals surface area contributed by atoms with E-state index in [-0.39, 0.29) is 11.3 Å². The van der Waals surface area contributed by atoms with Gasteiger partial charge in [-0.3, -0.25) is 4.79 Å². The van der Waals surface area contributed by atoms with Crippen LogP contribution in [0.1, 0.15) is 32.8 Å². The second-order valence-corrected chi connectivity index (χ2v) is 7.39. The van der Waals surface area contributed by atoms with Gasteiger partial charge in [0.15, 0.2) is 0 Å². The molecule has 0 unspecified atom stereocenters. The Labute approximate surface area is 146 Å². The highest BCUT2D eigenvalue weighted by Crippen LogP contribution is 2.23. The molecule has 1 amide bonds. The first kappa shape index (κ1) is 17.5. The van der Waals surface area contributed by atoms with Gasteiger partial charge in [0.05, 0.1) is 5.69 Å². The molecule has 0 aliphatic rings. The number of halogens is 1. The van der Waals surface area contributed by atoms with Gasteiger partial charge < -0.3 is 10.6 Å². The molecular formula is C19H23BrN2O. The third kappa shape index (κ3) is 5.39. The molecule has 0 bridgehead atoms. The van der Waals surface area contributed by atoms with Gasteiger partial charge in [-0.05, 0) is 51.2 Å². The second-order valence-electron chi connectivity index (χ2n) is 6.53. The van der Waals surface area contributed by atoms with E-state index in [9.17, 15) is 4.79 Å². The maximum atomic E-state index is 12.0. The average Bonchev–Trinajstić information content (AvgIpc) is 2.49. The number of carbonyl (C=O) groups is 1. The number of para-hydroxylation sites is 1. The maximum absolute atomic E-state index is 12.0. The summed E-state index contributed by atoms with van der Waals surface area (Å²) in [7, 11) is 0. The van der Waals surface area contributed by atoms with Crippen molar-refractivity contribution in [3.05, 3.63) is 58.6 Å². The van der Waals surface area contributed by atoms with Crippen LogP contribution in [-0.2, 0) is 10.2 Å². The van der Waals surface area contributed by atoms with Gasteiger partial charge in [0.1, 0.15) is 0 Å². The van der Waals surface area contributed by atoms with Gasteiger partial charge in [-0.25, -0.2) is 0 Å². The van der Waals surface area contributed by atoms with Gasteiger partial charge in [-0.15, -0.1) is 0 Å². The van der Waals surface area contributed by atoms with E-state index in [2.05, 4.69) is 71.6 Å². The molecule has 0 saturated heterocycles. The zero-order chi connectivity index (χ0) is 16.9. The van der Waals surface area contributed by atoms with Crippen LogP contribution in [0, 0.1) is 0 Å². The van der Waals surface area contributed by atoms with Crippen molar-refractivity contribution in [3.8, 4) is 0 Å². The SMILES string of the molecule is CC(C)(C)c1ccc(NCCC(=O)Nc2ccccc2Br)cc1. The molecule has 2 N–H and O–H groups in total. The lowest BCUT2D eigenvalue weighted by Crippen LogP contribution is -2.16. The maximum Gasteiger partial charge on any atom is 0.226 e. The number of benzene rings is 2. The van der Waals surface area contributed by atoms with Gasteiger partial charge in [-0.2, -0.15) is 0 Å². The zero-order valence-electron chi connectivity index (χ0n) is 13.8. The largest absolute Gasteiger partial charge is 0.385 e. The summed E-state index contributed by atoms with van der Waals surface area (Å²) in [6.07, 6.45) is 0.419. The highest BCUT2D eigenvalue weighted by atomic mass is 79.9. The van der Waals surface area contributed by atoms with E-state index >= 15 is 0 Å². The van der Waals surface area contributed by atoms with Crippen molar-refractivity contribution < 1.29 is 4.79 Å². The molecule has 0 heterocycles. The van der Waals surface area contributed by atoms with Crippen molar-refractivity contribution in [2.75, 3.05) is 17.2 Å². The molecule has 23 heavy (non-hydrogen) atoms. The molecule has 0 radical (unpaired) electrons. The molecule has 2 aromatic rings. The summed E-state index contributed by atoms with van der Waals surface area (Å²) in [6, 6.07) is 16.0. The quantitative estimate of drug-likeness (QED) is 0.755. The molecule has 0 aliphatic heterocycles. The highest BCUT2D eigenvalue weighted by Gasteiger charge is 2.12. The Hall–Kier alpha value is -1.81. The standard InChI is InChI=1S/C19H23BrN2O/c1-19(2,3)14-8-10-15(11-9-14)21-13-12-18(23)22-17-7-5-4-6-16(17)20/h4-11,21H,12-13H2,1-3H3,(H,22,23). The summed E-state index contributed by atoms with van der Waals surface area (Å²) >= 11 is 3.42. The minimum atomic E-state index is -0.00397. The van der Waals surface area contributed by atoms with Crippen molar-refractivity contribution in [2.45, 2.75) is 32.6 Å². The minimum Gasteiger partial charge on any atom is -0.385 e. The molecule has 2 aromatic carbocycles. The van der Waals surface area contributed by atoms with Crippen LogP contribution in [0.4, 0.5) is 11.4 Å². The minimum absolute atomic E-state index is 0.00397. The van der Waals surface area contributed by atoms with Crippen LogP contribution in [-0.4, -0.2) is 12.5 Å². The summed E-state index contributed by atoms with van der Waals surface area (Å²) < 4.78 is 0.888. The van der Waals surface area contributed by atoms with Crippen LogP contribution < -0.4 is 10.6 Å². The number of carbonyl (C=O) groups excluding carboxylic acids is 1. The zero-order valence-corrected chi connectivity index (χ0v) is 15.4. The van der Waals surface area contributed by atoms with Crippen LogP contribution in [0.3, 0.4) is 0 Å². The fraction of sp³-hybridized carbons (Fsp3) is 0.316. The first-order valence-electron chi connectivity index (χ1n) is 7.75. The lowest BCUT2D eigenvalue weighted by molar-refractivity contribution is -0.115. The van der Waals surface area contributed by atoms with Gasteiger partial charge in [0.2, 0.25) is 5.91 Å². The molecule has 4 heteroatoms. The number of amides is 1. The van der Waals surface area contributed by atoms with Crippen LogP contribution in [0.15, 0.2) is 53.0 Å². The predicted molar refractivity (Wildman–Crippen MR) is 101 cm³/mol. The third-order valence-electron chi connectivity index (χ3n) is 3.58. The number of anilines is 2. The molecule has 0 fully saturated rings. The van der Waals surface area contributed by atoms with Crippen LogP contribution in [0.25, 0.3) is 0 Å². The molecule has 0 atom stereocenters. The third-order valence-corrected chi connectivity index (χ3v) is 4.27. The molecule has 2 rings (SSSR count). The highest BCUT2D eigenvalue weighted by molar-refractivity contribution is 9.10. The topological polar surface area (TPSA) is 41.1 Å².